The van der Waals surface area contributed by atoms with Gasteiger partial charge in [0.15, 0.2) is 0 Å². The summed E-state index contributed by atoms with van der Waals surface area (Å²) in [5, 5.41) is 0. The summed E-state index contributed by atoms with van der Waals surface area (Å²) < 4.78 is 0. The van der Waals surface area contributed by atoms with E-state index >= 15 is 0 Å². The fourth-order valence-electron chi connectivity index (χ4n) is 1.36. The predicted molar refractivity (Wildman–Crippen MR) is 76.4 cm³/mol. The van der Waals surface area contributed by atoms with Gasteiger partial charge in [-0.15, -0.1) is 6.58 Å². The van der Waals surface area contributed by atoms with Crippen molar-refractivity contribution in [3.05, 3.63) is 72.3 Å². The molecule has 0 N–H and O–H groups in total. The fourth-order valence-corrected chi connectivity index (χ4v) is 1.36. The molecule has 1 heteroatoms. The van der Waals surface area contributed by atoms with Crippen molar-refractivity contribution in [3.8, 4) is 0 Å². The standard InChI is InChI=1S/C12H17.C5H5.Co/c1-10(12(2,3)4)9-11-7-5-6-8-11;1-2-4-5-3-1;/h5-8H,1,9H2,2-4H3;1-5H;/q-1;-5;. The summed E-state index contributed by atoms with van der Waals surface area (Å²) in [4.78, 5) is 0. The molecule has 0 unspecified atom stereocenters. The van der Waals surface area contributed by atoms with Crippen LogP contribution in [0, 0.1) is 5.41 Å². The fraction of sp³-hybridized carbons (Fsp3) is 0.294. The minimum Gasteiger partial charge on any atom is -0.748 e. The molecule has 0 amide bonds. The van der Waals surface area contributed by atoms with E-state index in [-0.39, 0.29) is 22.2 Å². The third-order valence-electron chi connectivity index (χ3n) is 2.77. The van der Waals surface area contributed by atoms with Gasteiger partial charge < -0.3 is 30.3 Å². The van der Waals surface area contributed by atoms with E-state index in [9.17, 15) is 0 Å². The molecule has 18 heavy (non-hydrogen) atoms. The summed E-state index contributed by atoms with van der Waals surface area (Å²) in [6.45, 7) is 10.7. The first-order chi connectivity index (χ1) is 8.00. The molecule has 0 aliphatic carbocycles. The van der Waals surface area contributed by atoms with Crippen LogP contribution in [-0.4, -0.2) is 0 Å². The van der Waals surface area contributed by atoms with Crippen LogP contribution in [-0.2, 0) is 23.2 Å². The number of hydrogen-bond acceptors (Lipinski definition) is 0. The Morgan fingerprint density at radius 2 is 1.39 bits per heavy atom. The van der Waals surface area contributed by atoms with E-state index in [1.807, 2.05) is 30.3 Å². The first-order valence-corrected chi connectivity index (χ1v) is 6.05. The van der Waals surface area contributed by atoms with E-state index < -0.39 is 0 Å². The largest absolute Gasteiger partial charge is 0.748 e. The molecule has 0 aliphatic rings. The van der Waals surface area contributed by atoms with Gasteiger partial charge in [0.2, 0.25) is 0 Å². The summed E-state index contributed by atoms with van der Waals surface area (Å²) in [7, 11) is 0. The molecule has 0 saturated heterocycles. The van der Waals surface area contributed by atoms with Crippen LogP contribution in [0.25, 0.3) is 0 Å². The first-order valence-electron chi connectivity index (χ1n) is 6.05. The summed E-state index contributed by atoms with van der Waals surface area (Å²) in [6, 6.07) is 18.4. The molecule has 0 saturated carbocycles. The number of rotatable bonds is 2. The van der Waals surface area contributed by atoms with Crippen LogP contribution in [0.3, 0.4) is 0 Å². The van der Waals surface area contributed by atoms with E-state index in [0.29, 0.717) is 0 Å². The molecule has 0 heterocycles. The molecule has 0 aliphatic heterocycles. The maximum Gasteiger partial charge on any atom is 0 e. The summed E-state index contributed by atoms with van der Waals surface area (Å²) in [5.41, 5.74) is 2.90. The Morgan fingerprint density at radius 3 is 1.72 bits per heavy atom. The Bertz CT molecular complexity index is 382. The molecule has 0 bridgehead atoms. The van der Waals surface area contributed by atoms with Crippen LogP contribution in [0.1, 0.15) is 26.3 Å². The van der Waals surface area contributed by atoms with Gasteiger partial charge in [0, 0.05) is 16.8 Å². The Labute approximate surface area is 122 Å². The first kappa shape index (κ1) is 16.9. The van der Waals surface area contributed by atoms with Crippen molar-refractivity contribution in [1.29, 1.82) is 0 Å². The second kappa shape index (κ2) is 8.12. The maximum absolute atomic E-state index is 4.10. The molecule has 1 radical (unpaired) electrons. The van der Waals surface area contributed by atoms with E-state index in [1.165, 1.54) is 11.1 Å². The summed E-state index contributed by atoms with van der Waals surface area (Å²) >= 11 is 0. The molecular formula is C17H22Co-6. The van der Waals surface area contributed by atoms with Gasteiger partial charge in [0.05, 0.1) is 0 Å². The van der Waals surface area contributed by atoms with Gasteiger partial charge in [-0.2, -0.15) is 17.7 Å². The Morgan fingerprint density at radius 1 is 1.00 bits per heavy atom. The molecule has 2 rings (SSSR count). The smallest absolute Gasteiger partial charge is 0 e. The minimum atomic E-state index is 0. The van der Waals surface area contributed by atoms with E-state index in [0.717, 1.165) is 6.42 Å². The molecule has 0 aromatic heterocycles. The molecule has 105 valence electrons. The van der Waals surface area contributed by atoms with E-state index in [1.54, 1.807) is 0 Å². The monoisotopic (exact) mass is 285 g/mol. The van der Waals surface area contributed by atoms with Crippen LogP contribution in [0.4, 0.5) is 0 Å². The second-order valence-corrected chi connectivity index (χ2v) is 5.29. The summed E-state index contributed by atoms with van der Waals surface area (Å²) in [6.07, 6.45) is 1.01. The molecule has 2 aromatic carbocycles. The van der Waals surface area contributed by atoms with Gasteiger partial charge in [-0.1, -0.05) is 32.8 Å². The molecule has 0 fully saturated rings. The third kappa shape index (κ3) is 6.63. The van der Waals surface area contributed by atoms with Crippen molar-refractivity contribution >= 4 is 0 Å². The van der Waals surface area contributed by atoms with Gasteiger partial charge in [-0.05, 0) is 5.41 Å². The normalized spacial score (nSPS) is 9.94. The van der Waals surface area contributed by atoms with Crippen LogP contribution >= 0.6 is 0 Å². The van der Waals surface area contributed by atoms with Gasteiger partial charge in [0.25, 0.3) is 0 Å². The average molecular weight is 285 g/mol. The predicted octanol–water partition coefficient (Wildman–Crippen LogP) is 4.95. The molecule has 2 aromatic rings. The van der Waals surface area contributed by atoms with Crippen molar-refractivity contribution in [3.63, 3.8) is 0 Å². The topological polar surface area (TPSA) is 0 Å². The van der Waals surface area contributed by atoms with Crippen molar-refractivity contribution in [2.75, 3.05) is 0 Å². The van der Waals surface area contributed by atoms with E-state index in [2.05, 4.69) is 51.6 Å². The van der Waals surface area contributed by atoms with Crippen molar-refractivity contribution in [1.82, 2.24) is 0 Å². The Balaban J connectivity index is 0.000000405. The Kier molecular flexibility index (Phi) is 7.64. The van der Waals surface area contributed by atoms with Crippen molar-refractivity contribution < 1.29 is 16.8 Å². The van der Waals surface area contributed by atoms with Crippen LogP contribution in [0.5, 0.6) is 0 Å². The zero-order valence-corrected chi connectivity index (χ0v) is 12.5. The second-order valence-electron chi connectivity index (χ2n) is 5.29. The maximum atomic E-state index is 4.10. The van der Waals surface area contributed by atoms with Crippen LogP contribution in [0.2, 0.25) is 0 Å². The van der Waals surface area contributed by atoms with Gasteiger partial charge in [0.1, 0.15) is 0 Å². The van der Waals surface area contributed by atoms with E-state index in [4.69, 9.17) is 0 Å². The van der Waals surface area contributed by atoms with Crippen molar-refractivity contribution in [2.24, 2.45) is 5.41 Å². The zero-order valence-electron chi connectivity index (χ0n) is 11.4. The third-order valence-corrected chi connectivity index (χ3v) is 2.77. The van der Waals surface area contributed by atoms with Gasteiger partial charge in [-0.3, -0.25) is 0 Å². The molecular weight excluding hydrogens is 263 g/mol. The molecule has 0 nitrogen and oxygen atoms in total. The zero-order chi connectivity index (χ0) is 12.7. The number of allylic oxidation sites excluding steroid dienone is 1. The average Bonchev–Trinajstić information content (AvgIpc) is 2.91. The van der Waals surface area contributed by atoms with Crippen molar-refractivity contribution in [2.45, 2.75) is 27.2 Å². The van der Waals surface area contributed by atoms with Gasteiger partial charge in [-0.25, -0.2) is 12.1 Å². The SMILES string of the molecule is C=C(C[c-]1cccc1)C(C)(C)C.[Co].[cH-]1[cH-][cH-][cH-][cH-]1. The van der Waals surface area contributed by atoms with Crippen LogP contribution < -0.4 is 0 Å². The Hall–Kier alpha value is -1.05. The summed E-state index contributed by atoms with van der Waals surface area (Å²) in [5.74, 6) is 0. The quantitative estimate of drug-likeness (QED) is 0.541. The van der Waals surface area contributed by atoms with Crippen LogP contribution in [0.15, 0.2) is 66.7 Å². The van der Waals surface area contributed by atoms with Gasteiger partial charge >= 0.3 is 0 Å². The molecule has 0 atom stereocenters. The minimum absolute atomic E-state index is 0. The molecule has 0 spiro atoms. The number of hydrogen-bond donors (Lipinski definition) is 0.